The summed E-state index contributed by atoms with van der Waals surface area (Å²) in [4.78, 5) is 14.7. The molecule has 1 aromatic rings. The Morgan fingerprint density at radius 3 is 2.00 bits per heavy atom. The number of rotatable bonds is 2. The second-order valence-electron chi connectivity index (χ2n) is 6.89. The number of nitrogens with zero attached hydrogens (tertiary/aromatic N) is 2. The van der Waals surface area contributed by atoms with Gasteiger partial charge in [0.25, 0.3) is 0 Å². The van der Waals surface area contributed by atoms with Crippen LogP contribution in [0.15, 0.2) is 36.0 Å². The van der Waals surface area contributed by atoms with Gasteiger partial charge in [-0.1, -0.05) is 30.3 Å². The highest BCUT2D eigenvalue weighted by molar-refractivity contribution is 5.68. The fourth-order valence-electron chi connectivity index (χ4n) is 2.52. The minimum Gasteiger partial charge on any atom is -0.444 e. The number of halogens is 3. The molecule has 0 aliphatic carbocycles. The topological polar surface area (TPSA) is 32.8 Å². The summed E-state index contributed by atoms with van der Waals surface area (Å²) in [6, 6.07) is 8.40. The molecule has 1 aliphatic heterocycles. The van der Waals surface area contributed by atoms with E-state index in [-0.39, 0.29) is 26.2 Å². The van der Waals surface area contributed by atoms with E-state index in [0.29, 0.717) is 5.56 Å². The molecule has 1 aliphatic rings. The van der Waals surface area contributed by atoms with E-state index in [1.54, 1.807) is 51.1 Å². The Bertz CT molecular complexity index is 613. The van der Waals surface area contributed by atoms with Crippen LogP contribution < -0.4 is 0 Å². The minimum absolute atomic E-state index is 0.109. The van der Waals surface area contributed by atoms with Crippen molar-refractivity contribution in [3.05, 3.63) is 41.6 Å². The van der Waals surface area contributed by atoms with Gasteiger partial charge in [-0.05, 0) is 32.4 Å². The first kappa shape index (κ1) is 19.1. The molecule has 1 saturated heterocycles. The lowest BCUT2D eigenvalue weighted by atomic mass is 10.1. The van der Waals surface area contributed by atoms with Gasteiger partial charge in [-0.3, -0.25) is 0 Å². The number of hydrogen-bond donors (Lipinski definition) is 0. The molecule has 0 unspecified atom stereocenters. The zero-order valence-electron chi connectivity index (χ0n) is 14.6. The van der Waals surface area contributed by atoms with Gasteiger partial charge in [0.15, 0.2) is 0 Å². The van der Waals surface area contributed by atoms with Crippen molar-refractivity contribution >= 4 is 12.2 Å². The predicted molar refractivity (Wildman–Crippen MR) is 89.9 cm³/mol. The van der Waals surface area contributed by atoms with E-state index in [9.17, 15) is 18.0 Å². The van der Waals surface area contributed by atoms with Crippen LogP contribution in [-0.4, -0.2) is 53.8 Å². The van der Waals surface area contributed by atoms with Gasteiger partial charge in [0.2, 0.25) is 0 Å². The van der Waals surface area contributed by atoms with Crippen molar-refractivity contribution in [2.45, 2.75) is 32.5 Å². The van der Waals surface area contributed by atoms with Gasteiger partial charge in [-0.2, -0.15) is 13.2 Å². The maximum Gasteiger partial charge on any atom is 0.431 e. The number of carbonyl (C=O) groups is 1. The van der Waals surface area contributed by atoms with E-state index >= 15 is 0 Å². The van der Waals surface area contributed by atoms with E-state index in [0.717, 1.165) is 6.08 Å². The Morgan fingerprint density at radius 2 is 1.52 bits per heavy atom. The molecule has 0 bridgehead atoms. The number of amides is 1. The van der Waals surface area contributed by atoms with E-state index in [4.69, 9.17) is 4.74 Å². The van der Waals surface area contributed by atoms with Crippen LogP contribution >= 0.6 is 0 Å². The first-order valence-corrected chi connectivity index (χ1v) is 8.13. The van der Waals surface area contributed by atoms with Crippen LogP contribution in [-0.2, 0) is 4.74 Å². The zero-order valence-corrected chi connectivity index (χ0v) is 14.6. The summed E-state index contributed by atoms with van der Waals surface area (Å²) < 4.78 is 45.6. The van der Waals surface area contributed by atoms with Gasteiger partial charge in [0, 0.05) is 26.2 Å². The van der Waals surface area contributed by atoms with Crippen LogP contribution in [0.25, 0.3) is 6.08 Å². The lowest BCUT2D eigenvalue weighted by molar-refractivity contribution is -0.112. The molecule has 0 radical (unpaired) electrons. The highest BCUT2D eigenvalue weighted by Gasteiger charge is 2.39. The summed E-state index contributed by atoms with van der Waals surface area (Å²) in [5, 5.41) is 0. The van der Waals surface area contributed by atoms with Crippen LogP contribution in [0.2, 0.25) is 0 Å². The summed E-state index contributed by atoms with van der Waals surface area (Å²) in [5.74, 6) is 0. The molecule has 1 fully saturated rings. The first-order chi connectivity index (χ1) is 11.6. The maximum atomic E-state index is 13.5. The van der Waals surface area contributed by atoms with E-state index in [1.807, 2.05) is 0 Å². The van der Waals surface area contributed by atoms with Crippen molar-refractivity contribution in [1.29, 1.82) is 0 Å². The molecule has 0 aromatic heterocycles. The lowest BCUT2D eigenvalue weighted by Gasteiger charge is -2.38. The molecule has 0 atom stereocenters. The van der Waals surface area contributed by atoms with Gasteiger partial charge in [0.05, 0.1) is 0 Å². The Kier molecular flexibility index (Phi) is 5.65. The number of ether oxygens (including phenoxy) is 1. The average molecular weight is 356 g/mol. The van der Waals surface area contributed by atoms with Crippen LogP contribution in [0.5, 0.6) is 0 Å². The number of benzene rings is 1. The Labute approximate surface area is 145 Å². The second kappa shape index (κ2) is 7.37. The summed E-state index contributed by atoms with van der Waals surface area (Å²) in [7, 11) is 0. The minimum atomic E-state index is -4.45. The number of carbonyl (C=O) groups excluding carboxylic acids is 1. The molecule has 1 amide bonds. The average Bonchev–Trinajstić information content (AvgIpc) is 2.51. The monoisotopic (exact) mass is 356 g/mol. The molecule has 0 N–H and O–H groups in total. The molecular weight excluding hydrogens is 333 g/mol. The van der Waals surface area contributed by atoms with Crippen molar-refractivity contribution in [3.63, 3.8) is 0 Å². The molecular formula is C18H23F3N2O2. The van der Waals surface area contributed by atoms with Crippen molar-refractivity contribution < 1.29 is 22.7 Å². The fraction of sp³-hybridized carbons (Fsp3) is 0.500. The highest BCUT2D eigenvalue weighted by Crippen LogP contribution is 2.31. The molecule has 138 valence electrons. The summed E-state index contributed by atoms with van der Waals surface area (Å²) in [6.45, 7) is 5.87. The Hall–Kier alpha value is -2.18. The zero-order chi connectivity index (χ0) is 18.7. The van der Waals surface area contributed by atoms with Gasteiger partial charge < -0.3 is 14.5 Å². The third kappa shape index (κ3) is 5.69. The van der Waals surface area contributed by atoms with E-state index < -0.39 is 23.6 Å². The third-order valence-corrected chi connectivity index (χ3v) is 3.67. The van der Waals surface area contributed by atoms with Crippen LogP contribution in [0.1, 0.15) is 26.3 Å². The van der Waals surface area contributed by atoms with Gasteiger partial charge in [-0.15, -0.1) is 0 Å². The number of allylic oxidation sites excluding steroid dienone is 1. The molecule has 0 spiro atoms. The largest absolute Gasteiger partial charge is 0.444 e. The van der Waals surface area contributed by atoms with E-state index in [2.05, 4.69) is 0 Å². The molecule has 2 rings (SSSR count). The summed E-state index contributed by atoms with van der Waals surface area (Å²) >= 11 is 0. The molecule has 7 heteroatoms. The van der Waals surface area contributed by atoms with Crippen molar-refractivity contribution in [2.75, 3.05) is 26.2 Å². The van der Waals surface area contributed by atoms with Crippen LogP contribution in [0.4, 0.5) is 18.0 Å². The predicted octanol–water partition coefficient (Wildman–Crippen LogP) is 4.14. The molecule has 4 nitrogen and oxygen atoms in total. The van der Waals surface area contributed by atoms with Gasteiger partial charge >= 0.3 is 12.3 Å². The van der Waals surface area contributed by atoms with Gasteiger partial charge in [0.1, 0.15) is 11.3 Å². The van der Waals surface area contributed by atoms with Crippen molar-refractivity contribution in [1.82, 2.24) is 9.80 Å². The van der Waals surface area contributed by atoms with Gasteiger partial charge in [-0.25, -0.2) is 4.79 Å². The number of alkyl halides is 3. The standard InChI is InChI=1S/C18H23F3N2O2/c1-17(2,3)25-16(24)23-11-9-22(10-12-23)15(18(19,20)21)13-14-7-5-4-6-8-14/h4-8,13H,9-12H2,1-3H3/b15-13+. The second-order valence-corrected chi connectivity index (χ2v) is 6.89. The smallest absolute Gasteiger partial charge is 0.431 e. The molecule has 1 aromatic carbocycles. The number of hydrogen-bond acceptors (Lipinski definition) is 3. The summed E-state index contributed by atoms with van der Waals surface area (Å²) in [6.07, 6.45) is -3.81. The van der Waals surface area contributed by atoms with Crippen LogP contribution in [0.3, 0.4) is 0 Å². The molecule has 0 saturated carbocycles. The lowest BCUT2D eigenvalue weighted by Crippen LogP contribution is -2.51. The van der Waals surface area contributed by atoms with E-state index in [1.165, 1.54) is 9.80 Å². The normalized spacial score (nSPS) is 16.8. The third-order valence-electron chi connectivity index (χ3n) is 3.67. The quantitative estimate of drug-likeness (QED) is 0.798. The van der Waals surface area contributed by atoms with Crippen molar-refractivity contribution in [3.8, 4) is 0 Å². The maximum absolute atomic E-state index is 13.5. The Morgan fingerprint density at radius 1 is 1.00 bits per heavy atom. The summed E-state index contributed by atoms with van der Waals surface area (Å²) in [5.41, 5.74) is -0.828. The molecule has 25 heavy (non-hydrogen) atoms. The fourth-order valence-corrected chi connectivity index (χ4v) is 2.52. The van der Waals surface area contributed by atoms with Crippen LogP contribution in [0, 0.1) is 0 Å². The Balaban J connectivity index is 2.08. The van der Waals surface area contributed by atoms with Crippen molar-refractivity contribution in [2.24, 2.45) is 0 Å². The first-order valence-electron chi connectivity index (χ1n) is 8.13. The highest BCUT2D eigenvalue weighted by atomic mass is 19.4. The molecule has 1 heterocycles. The number of piperazine rings is 1. The SMILES string of the molecule is CC(C)(C)OC(=O)N1CCN(/C(=C/c2ccccc2)C(F)(F)F)CC1.